The van der Waals surface area contributed by atoms with E-state index < -0.39 is 62.4 Å². The third-order valence-corrected chi connectivity index (χ3v) is 8.60. The van der Waals surface area contributed by atoms with E-state index in [0.717, 1.165) is 12.4 Å². The molecule has 1 fully saturated rings. The maximum atomic E-state index is 14.2. The number of aromatic nitrogens is 4. The molecular formula is C23H15ClF10N6O4S. The van der Waals surface area contributed by atoms with Gasteiger partial charge in [-0.2, -0.15) is 58.3 Å². The van der Waals surface area contributed by atoms with Crippen LogP contribution in [0.15, 0.2) is 30.6 Å². The normalized spacial score (nSPS) is 15.5. The zero-order valence-corrected chi connectivity index (χ0v) is 23.8. The van der Waals surface area contributed by atoms with Gasteiger partial charge in [0.2, 0.25) is 0 Å². The van der Waals surface area contributed by atoms with Crippen LogP contribution in [-0.4, -0.2) is 68.7 Å². The van der Waals surface area contributed by atoms with Gasteiger partial charge in [0.25, 0.3) is 11.8 Å². The molecule has 0 N–H and O–H groups in total. The van der Waals surface area contributed by atoms with Crippen molar-refractivity contribution in [2.24, 2.45) is 7.05 Å². The van der Waals surface area contributed by atoms with Gasteiger partial charge in [-0.15, -0.1) is 5.10 Å². The minimum Gasteiger partial charge on any atom is -0.356 e. The van der Waals surface area contributed by atoms with E-state index in [0.29, 0.717) is 24.6 Å². The molecule has 2 heterocycles. The van der Waals surface area contributed by atoms with Gasteiger partial charge in [-0.05, 0) is 30.5 Å². The molecule has 45 heavy (non-hydrogen) atoms. The van der Waals surface area contributed by atoms with Crippen molar-refractivity contribution in [3.63, 3.8) is 0 Å². The summed E-state index contributed by atoms with van der Waals surface area (Å²) in [5.74, 6) is -4.29. The number of amides is 1. The first-order valence-corrected chi connectivity index (χ1v) is 13.7. The highest BCUT2D eigenvalue weighted by Crippen LogP contribution is 2.51. The van der Waals surface area contributed by atoms with E-state index in [-0.39, 0.29) is 26.4 Å². The fourth-order valence-electron chi connectivity index (χ4n) is 4.14. The summed E-state index contributed by atoms with van der Waals surface area (Å²) in [6.45, 7) is 0. The van der Waals surface area contributed by atoms with Gasteiger partial charge in [-0.3, -0.25) is 4.79 Å². The molecule has 0 aliphatic heterocycles. The first-order valence-electron chi connectivity index (χ1n) is 11.9. The Hall–Kier alpha value is -4.06. The molecule has 244 valence electrons. The molecular weight excluding hydrogens is 682 g/mol. The van der Waals surface area contributed by atoms with Crippen LogP contribution in [0.2, 0.25) is 5.02 Å². The van der Waals surface area contributed by atoms with Crippen LogP contribution >= 0.6 is 11.6 Å². The highest BCUT2D eigenvalue weighted by molar-refractivity contribution is 7.88. The lowest BCUT2D eigenvalue weighted by molar-refractivity contribution is -0.307. The number of rotatable bonds is 7. The molecule has 0 atom stereocenters. The minimum absolute atomic E-state index is 0.0221. The maximum absolute atomic E-state index is 14.2. The lowest BCUT2D eigenvalue weighted by atomic mass is 10.0. The van der Waals surface area contributed by atoms with Crippen LogP contribution in [0.5, 0.6) is 5.88 Å². The summed E-state index contributed by atoms with van der Waals surface area (Å²) in [5.41, 5.74) is -3.37. The third kappa shape index (κ3) is 5.53. The number of alkyl halides is 10. The summed E-state index contributed by atoms with van der Waals surface area (Å²) in [6.07, 6.45) is -17.6. The van der Waals surface area contributed by atoms with Gasteiger partial charge < -0.3 is 9.08 Å². The molecule has 0 unspecified atom stereocenters. The zero-order chi connectivity index (χ0) is 34.1. The molecule has 1 amide bonds. The predicted molar refractivity (Wildman–Crippen MR) is 131 cm³/mol. The molecule has 0 radical (unpaired) electrons. The van der Waals surface area contributed by atoms with Crippen molar-refractivity contribution in [3.05, 3.63) is 46.7 Å². The highest BCUT2D eigenvalue weighted by Gasteiger charge is 2.82. The molecule has 4 rings (SSSR count). The molecule has 2 aromatic heterocycles. The Bertz CT molecular complexity index is 1810. The zero-order valence-electron chi connectivity index (χ0n) is 22.2. The van der Waals surface area contributed by atoms with E-state index >= 15 is 0 Å². The second-order valence-electron chi connectivity index (χ2n) is 9.63. The number of carbonyl (C=O) groups is 1. The summed E-state index contributed by atoms with van der Waals surface area (Å²) < 4.78 is 162. The number of nitrogens with zero attached hydrogens (tertiary/aromatic N) is 6. The van der Waals surface area contributed by atoms with Crippen LogP contribution in [0.1, 0.15) is 28.8 Å². The Morgan fingerprint density at radius 2 is 1.64 bits per heavy atom. The molecule has 0 saturated heterocycles. The van der Waals surface area contributed by atoms with Crippen molar-refractivity contribution >= 4 is 27.6 Å². The quantitative estimate of drug-likeness (QED) is 0.234. The SMILES string of the molecule is CN(C(=O)c1cc(-c2cnn(-c3c(C(F)(F)F)c(OS(=O)(=O)C(F)(C(F)(F)F)C(F)(F)F)nn3C)c2)ccc1Cl)C1(C#N)CC1. The van der Waals surface area contributed by atoms with Crippen LogP contribution < -0.4 is 4.18 Å². The molecule has 1 saturated carbocycles. The van der Waals surface area contributed by atoms with E-state index in [1.54, 1.807) is 0 Å². The Morgan fingerprint density at radius 1 is 1.07 bits per heavy atom. The summed E-state index contributed by atoms with van der Waals surface area (Å²) in [6, 6.07) is 5.82. The number of hydrogen-bond acceptors (Lipinski definition) is 7. The fraction of sp³-hybridized carbons (Fsp3) is 0.391. The topological polar surface area (TPSA) is 123 Å². The molecule has 10 nitrogen and oxygen atoms in total. The van der Waals surface area contributed by atoms with Gasteiger partial charge in [0.15, 0.2) is 11.4 Å². The van der Waals surface area contributed by atoms with Gasteiger partial charge in [0.05, 0.1) is 22.9 Å². The monoisotopic (exact) mass is 696 g/mol. The Kier molecular flexibility index (Phi) is 7.89. The van der Waals surface area contributed by atoms with Crippen molar-refractivity contribution < 1.29 is 61.3 Å². The number of aryl methyl sites for hydroxylation is 1. The lowest BCUT2D eigenvalue weighted by Gasteiger charge is -2.28. The number of hydrogen-bond donors (Lipinski definition) is 0. The Balaban J connectivity index is 1.78. The van der Waals surface area contributed by atoms with Crippen molar-refractivity contribution in [2.45, 2.75) is 41.9 Å². The number of nitriles is 1. The van der Waals surface area contributed by atoms with E-state index in [1.807, 2.05) is 6.07 Å². The summed E-state index contributed by atoms with van der Waals surface area (Å²) in [7, 11) is -5.57. The number of halogens is 11. The van der Waals surface area contributed by atoms with Crippen LogP contribution in [0.4, 0.5) is 43.9 Å². The molecule has 0 spiro atoms. The van der Waals surface area contributed by atoms with Crippen LogP contribution in [0.25, 0.3) is 16.9 Å². The van der Waals surface area contributed by atoms with Crippen LogP contribution in [0, 0.1) is 11.3 Å². The summed E-state index contributed by atoms with van der Waals surface area (Å²) in [4.78, 5) is 14.2. The van der Waals surface area contributed by atoms with E-state index in [9.17, 15) is 62.4 Å². The lowest BCUT2D eigenvalue weighted by Crippen LogP contribution is -2.60. The number of carbonyl (C=O) groups excluding carboxylic acids is 1. The highest BCUT2D eigenvalue weighted by atomic mass is 35.5. The fourth-order valence-corrected chi connectivity index (χ4v) is 5.34. The second-order valence-corrected chi connectivity index (χ2v) is 11.7. The van der Waals surface area contributed by atoms with Gasteiger partial charge in [-0.25, -0.2) is 13.8 Å². The second kappa shape index (κ2) is 10.5. The Labute approximate surface area is 250 Å². The third-order valence-electron chi connectivity index (χ3n) is 6.74. The average molecular weight is 697 g/mol. The maximum Gasteiger partial charge on any atom is 0.450 e. The smallest absolute Gasteiger partial charge is 0.356 e. The number of benzene rings is 1. The standard InChI is InChI=1S/C23H15ClF10N6O4S/c1-38(19(10-35)5-6-19)18(41)13-7-11(3-4-14(13)24)12-8-36-40(9-12)17-15(20(25,26)27)16(37-39(17)2)44-45(42,43)21(28,22(29,30)31)23(32,33)34/h3-4,7-9H,5-6H2,1-2H3. The molecule has 22 heteroatoms. The average Bonchev–Trinajstić information content (AvgIpc) is 3.43. The van der Waals surface area contributed by atoms with E-state index in [2.05, 4.69) is 14.4 Å². The Morgan fingerprint density at radius 3 is 2.13 bits per heavy atom. The first-order chi connectivity index (χ1) is 20.4. The van der Waals surface area contributed by atoms with E-state index in [4.69, 9.17) is 11.6 Å². The molecule has 1 aliphatic carbocycles. The molecule has 0 bridgehead atoms. The molecule has 3 aromatic rings. The van der Waals surface area contributed by atoms with E-state index in [1.165, 1.54) is 30.1 Å². The van der Waals surface area contributed by atoms with Gasteiger partial charge >= 0.3 is 33.6 Å². The predicted octanol–water partition coefficient (Wildman–Crippen LogP) is 5.57. The van der Waals surface area contributed by atoms with Crippen molar-refractivity contribution in [3.8, 4) is 28.9 Å². The molecule has 1 aliphatic rings. The van der Waals surface area contributed by atoms with Gasteiger partial charge in [-0.1, -0.05) is 17.7 Å². The van der Waals surface area contributed by atoms with Crippen molar-refractivity contribution in [2.75, 3.05) is 7.05 Å². The van der Waals surface area contributed by atoms with Crippen molar-refractivity contribution in [1.82, 2.24) is 24.5 Å². The van der Waals surface area contributed by atoms with Crippen LogP contribution in [0.3, 0.4) is 0 Å². The first kappa shape index (κ1) is 33.8. The molecule has 1 aromatic carbocycles. The van der Waals surface area contributed by atoms with Crippen LogP contribution in [-0.2, 0) is 23.3 Å². The largest absolute Gasteiger partial charge is 0.450 e. The van der Waals surface area contributed by atoms with Gasteiger partial charge in [0, 0.05) is 25.9 Å². The van der Waals surface area contributed by atoms with Gasteiger partial charge in [0.1, 0.15) is 5.54 Å². The summed E-state index contributed by atoms with van der Waals surface area (Å²) in [5, 5.41) is 8.82. The summed E-state index contributed by atoms with van der Waals surface area (Å²) >= 11 is 6.15. The van der Waals surface area contributed by atoms with Crippen molar-refractivity contribution in [1.29, 1.82) is 5.26 Å². The minimum atomic E-state index is -7.62.